The minimum Gasteiger partial charge on any atom is -0.456 e. The summed E-state index contributed by atoms with van der Waals surface area (Å²) in [6, 6.07) is 130. The number of benzene rings is 16. The number of para-hydroxylation sites is 3. The second-order valence-electron chi connectivity index (χ2n) is 27.1. The first-order valence-corrected chi connectivity index (χ1v) is 35.8. The largest absolute Gasteiger partial charge is 0.456 e. The molecule has 0 amide bonds. The SMILES string of the molecule is c1ccc(-c2cccc(-n3c4ccccc4c4cc5c(cc43)oc3cc4c(cc35)c3ccccc3n4-c3cccc(-c4cccc(-c5cccc6c5c5cc7c(cc5n6-c5cccc(-c6ccccc6)c5)sc5cc6c(cc57)c5ccccc5n6-c5cccc(-c6ccccc6)c5)c4)c3)c2)cc1. The molecular weight excluding hydrogens is 1260 g/mol. The molecule has 6 heterocycles. The van der Waals surface area contributed by atoms with E-state index >= 15 is 0 Å². The van der Waals surface area contributed by atoms with Gasteiger partial charge in [0.15, 0.2) is 0 Å². The van der Waals surface area contributed by atoms with Crippen molar-refractivity contribution in [3.8, 4) is 78.4 Å². The minimum absolute atomic E-state index is 0.856. The summed E-state index contributed by atoms with van der Waals surface area (Å²) in [7, 11) is 0. The van der Waals surface area contributed by atoms with Gasteiger partial charge >= 0.3 is 0 Å². The van der Waals surface area contributed by atoms with E-state index in [-0.39, 0.29) is 0 Å². The number of thiophene rings is 1. The van der Waals surface area contributed by atoms with Crippen molar-refractivity contribution in [3.63, 3.8) is 0 Å². The van der Waals surface area contributed by atoms with Gasteiger partial charge in [-0.25, -0.2) is 0 Å². The normalized spacial score (nSPS) is 12.1. The van der Waals surface area contributed by atoms with Crippen LogP contribution in [0, 0.1) is 0 Å². The maximum Gasteiger partial charge on any atom is 0.137 e. The lowest BCUT2D eigenvalue weighted by molar-refractivity contribution is 0.669. The lowest BCUT2D eigenvalue weighted by Crippen LogP contribution is -1.94. The Labute approximate surface area is 589 Å². The van der Waals surface area contributed by atoms with Crippen molar-refractivity contribution in [1.29, 1.82) is 0 Å². The quantitative estimate of drug-likeness (QED) is 0.142. The minimum atomic E-state index is 0.856. The van der Waals surface area contributed by atoms with E-state index in [0.717, 1.165) is 89.0 Å². The summed E-state index contributed by atoms with van der Waals surface area (Å²) in [5.74, 6) is 0. The molecule has 102 heavy (non-hydrogen) atoms. The van der Waals surface area contributed by atoms with E-state index in [0.29, 0.717) is 0 Å². The second kappa shape index (κ2) is 22.1. The van der Waals surface area contributed by atoms with Gasteiger partial charge in [0, 0.05) is 109 Å². The Balaban J connectivity index is 0.689. The molecule has 22 rings (SSSR count). The molecule has 0 aliphatic rings. The van der Waals surface area contributed by atoms with Gasteiger partial charge < -0.3 is 22.7 Å². The maximum absolute atomic E-state index is 7.06. The molecule has 0 atom stereocenters. The molecule has 0 fully saturated rings. The Morgan fingerprint density at radius 3 is 0.951 bits per heavy atom. The number of hydrogen-bond donors (Lipinski definition) is 0. The molecule has 0 aliphatic heterocycles. The summed E-state index contributed by atoms with van der Waals surface area (Å²) in [6.07, 6.45) is 0. The van der Waals surface area contributed by atoms with E-state index in [2.05, 4.69) is 370 Å². The highest BCUT2D eigenvalue weighted by atomic mass is 32.1. The Kier molecular flexibility index (Phi) is 12.3. The highest BCUT2D eigenvalue weighted by Crippen LogP contribution is 2.48. The molecule has 0 spiro atoms. The predicted molar refractivity (Wildman–Crippen MR) is 431 cm³/mol. The molecule has 16 aromatic carbocycles. The van der Waals surface area contributed by atoms with Gasteiger partial charge in [-0.2, -0.15) is 0 Å². The molecule has 0 saturated carbocycles. The van der Waals surface area contributed by atoms with Gasteiger partial charge in [0.1, 0.15) is 11.2 Å². The topological polar surface area (TPSA) is 32.9 Å². The van der Waals surface area contributed by atoms with Crippen molar-refractivity contribution in [3.05, 3.63) is 352 Å². The first-order chi connectivity index (χ1) is 50.5. The lowest BCUT2D eigenvalue weighted by atomic mass is 9.95. The Bertz CT molecular complexity index is 7240. The number of nitrogens with zero attached hydrogens (tertiary/aromatic N) is 4. The van der Waals surface area contributed by atoms with Crippen molar-refractivity contribution in [2.24, 2.45) is 0 Å². The van der Waals surface area contributed by atoms with E-state index in [1.54, 1.807) is 0 Å². The van der Waals surface area contributed by atoms with Crippen LogP contribution in [0.3, 0.4) is 0 Å². The summed E-state index contributed by atoms with van der Waals surface area (Å²) >= 11 is 1.89. The standard InChI is InChI=1S/C96H58N4OS/c1-4-22-59(23-5-1)63-29-17-34-68(47-63)97-84-42-13-10-38-73(84)76-51-79-80-52-77-74-39-11-14-43-85(74)98(89(77)56-93(80)101-92(79)55-88(76)97)70-36-20-32-66(50-70)62-28-16-33-67(46-62)72-41-21-45-87-96(72)83-54-82-81-53-78-75-40-12-15-44-86(75)99(69-35-18-30-64(48-69)60-24-6-2-7-25-60)90(78)57-94(81)102-95(82)58-91(83)100(87)71-37-19-31-65(49-71)61-26-8-3-9-27-61/h1-58H. The molecule has 0 aliphatic carbocycles. The number of rotatable bonds is 9. The Morgan fingerprint density at radius 1 is 0.186 bits per heavy atom. The molecule has 0 bridgehead atoms. The maximum atomic E-state index is 7.06. The lowest BCUT2D eigenvalue weighted by Gasteiger charge is -2.12. The molecule has 0 radical (unpaired) electrons. The van der Waals surface area contributed by atoms with Crippen molar-refractivity contribution >= 4 is 141 Å². The summed E-state index contributed by atoms with van der Waals surface area (Å²) in [4.78, 5) is 0. The number of aromatic nitrogens is 4. The molecule has 0 saturated heterocycles. The van der Waals surface area contributed by atoms with Gasteiger partial charge in [-0.15, -0.1) is 11.3 Å². The zero-order valence-corrected chi connectivity index (χ0v) is 55.9. The first kappa shape index (κ1) is 56.7. The van der Waals surface area contributed by atoms with Crippen LogP contribution in [-0.2, 0) is 0 Å². The van der Waals surface area contributed by atoms with E-state index in [1.165, 1.54) is 119 Å². The molecule has 0 N–H and O–H groups in total. The fourth-order valence-corrected chi connectivity index (χ4v) is 18.0. The van der Waals surface area contributed by atoms with Gasteiger partial charge in [0.25, 0.3) is 0 Å². The van der Waals surface area contributed by atoms with E-state index in [4.69, 9.17) is 4.42 Å². The van der Waals surface area contributed by atoms with Crippen molar-refractivity contribution in [2.45, 2.75) is 0 Å². The fourth-order valence-electron chi connectivity index (χ4n) is 16.9. The van der Waals surface area contributed by atoms with Crippen LogP contribution in [0.25, 0.3) is 208 Å². The average Bonchev–Trinajstić information content (AvgIpc) is 1.56. The molecule has 0 unspecified atom stereocenters. The summed E-state index contributed by atoms with van der Waals surface area (Å²) in [5.41, 5.74) is 27.2. The highest BCUT2D eigenvalue weighted by Gasteiger charge is 2.24. The van der Waals surface area contributed by atoms with E-state index in [1.807, 2.05) is 11.3 Å². The van der Waals surface area contributed by atoms with Crippen molar-refractivity contribution in [2.75, 3.05) is 0 Å². The first-order valence-electron chi connectivity index (χ1n) is 34.9. The Hall–Kier alpha value is -13.3. The zero-order valence-electron chi connectivity index (χ0n) is 55.1. The number of furan rings is 1. The number of fused-ring (bicyclic) bond motifs is 18. The van der Waals surface area contributed by atoms with Gasteiger partial charge in [-0.1, -0.05) is 224 Å². The van der Waals surface area contributed by atoms with Crippen LogP contribution in [0.5, 0.6) is 0 Å². The highest BCUT2D eigenvalue weighted by molar-refractivity contribution is 7.26. The monoisotopic (exact) mass is 1310 g/mol. The molecule has 474 valence electrons. The van der Waals surface area contributed by atoms with E-state index in [9.17, 15) is 0 Å². The van der Waals surface area contributed by atoms with Crippen LogP contribution in [-0.4, -0.2) is 18.3 Å². The zero-order chi connectivity index (χ0) is 66.7. The van der Waals surface area contributed by atoms with Crippen LogP contribution >= 0.6 is 11.3 Å². The van der Waals surface area contributed by atoms with Crippen LogP contribution in [0.4, 0.5) is 0 Å². The van der Waals surface area contributed by atoms with Gasteiger partial charge in [0.05, 0.1) is 44.1 Å². The van der Waals surface area contributed by atoms with Gasteiger partial charge in [-0.05, 0) is 171 Å². The predicted octanol–water partition coefficient (Wildman–Crippen LogP) is 26.7. The second-order valence-corrected chi connectivity index (χ2v) is 28.2. The third-order valence-corrected chi connectivity index (χ3v) is 22.6. The average molecular weight is 1320 g/mol. The van der Waals surface area contributed by atoms with E-state index < -0.39 is 0 Å². The summed E-state index contributed by atoms with van der Waals surface area (Å²) < 4.78 is 19.4. The molecular formula is C96H58N4OS. The van der Waals surface area contributed by atoms with Crippen LogP contribution in [0.15, 0.2) is 356 Å². The fraction of sp³-hybridized carbons (Fsp3) is 0. The Morgan fingerprint density at radius 2 is 0.500 bits per heavy atom. The molecule has 6 heteroatoms. The van der Waals surface area contributed by atoms with Gasteiger partial charge in [-0.3, -0.25) is 0 Å². The third kappa shape index (κ3) is 8.64. The smallest absolute Gasteiger partial charge is 0.137 e. The number of hydrogen-bond acceptors (Lipinski definition) is 2. The van der Waals surface area contributed by atoms with Crippen LogP contribution < -0.4 is 0 Å². The summed E-state index contributed by atoms with van der Waals surface area (Å²) in [6.45, 7) is 0. The molecule has 22 aromatic rings. The van der Waals surface area contributed by atoms with Crippen LogP contribution in [0.1, 0.15) is 0 Å². The molecule has 5 nitrogen and oxygen atoms in total. The molecule has 6 aromatic heterocycles. The summed E-state index contributed by atoms with van der Waals surface area (Å²) in [5, 5.41) is 14.5. The third-order valence-electron chi connectivity index (χ3n) is 21.5. The van der Waals surface area contributed by atoms with Crippen molar-refractivity contribution in [1.82, 2.24) is 18.3 Å². The van der Waals surface area contributed by atoms with Gasteiger partial charge in [0.2, 0.25) is 0 Å². The van der Waals surface area contributed by atoms with Crippen LogP contribution in [0.2, 0.25) is 0 Å². The van der Waals surface area contributed by atoms with Crippen molar-refractivity contribution < 1.29 is 4.42 Å².